The first-order valence-electron chi connectivity index (χ1n) is 6.48. The molecule has 0 unspecified atom stereocenters. The Morgan fingerprint density at radius 2 is 2.13 bits per heavy atom. The van der Waals surface area contributed by atoms with Crippen LogP contribution in [0, 0.1) is 28.4 Å². The zero-order chi connectivity index (χ0) is 16.6. The molecule has 7 nitrogen and oxygen atoms in total. The second-order valence-electron chi connectivity index (χ2n) is 4.72. The lowest BCUT2D eigenvalue weighted by atomic mass is 10.1. The number of hydrogen-bond acceptors (Lipinski definition) is 6. The van der Waals surface area contributed by atoms with Gasteiger partial charge in [-0.25, -0.2) is 0 Å². The maximum absolute atomic E-state index is 12.1. The Labute approximate surface area is 133 Å². The van der Waals surface area contributed by atoms with E-state index in [1.54, 1.807) is 6.07 Å². The van der Waals surface area contributed by atoms with Crippen LogP contribution in [0.1, 0.15) is 10.4 Å². The van der Waals surface area contributed by atoms with E-state index in [1.807, 2.05) is 25.1 Å². The van der Waals surface area contributed by atoms with Gasteiger partial charge in [-0.3, -0.25) is 14.9 Å². The number of nitrogens with one attached hydrogen (secondary N) is 1. The van der Waals surface area contributed by atoms with Crippen LogP contribution in [0.3, 0.4) is 0 Å². The quantitative estimate of drug-likeness (QED) is 0.584. The molecule has 0 saturated heterocycles. The number of nitriles is 1. The van der Waals surface area contributed by atoms with Crippen molar-refractivity contribution in [1.29, 1.82) is 5.26 Å². The summed E-state index contributed by atoms with van der Waals surface area (Å²) in [6.07, 6.45) is 0. The molecule has 8 heteroatoms. The summed E-state index contributed by atoms with van der Waals surface area (Å²) in [6.45, 7) is 1.94. The molecule has 0 aromatic carbocycles. The van der Waals surface area contributed by atoms with Gasteiger partial charge in [-0.1, -0.05) is 0 Å². The van der Waals surface area contributed by atoms with Crippen LogP contribution in [0.4, 0.5) is 5.88 Å². The van der Waals surface area contributed by atoms with Gasteiger partial charge < -0.3 is 9.40 Å². The summed E-state index contributed by atoms with van der Waals surface area (Å²) in [4.78, 5) is 26.7. The van der Waals surface area contributed by atoms with Crippen molar-refractivity contribution in [1.82, 2.24) is 4.98 Å². The van der Waals surface area contributed by atoms with Crippen LogP contribution >= 0.6 is 11.3 Å². The highest BCUT2D eigenvalue weighted by molar-refractivity contribution is 7.15. The zero-order valence-electron chi connectivity index (χ0n) is 11.8. The number of H-pyrrole nitrogens is 1. The van der Waals surface area contributed by atoms with Gasteiger partial charge in [-0.05, 0) is 31.2 Å². The van der Waals surface area contributed by atoms with E-state index in [9.17, 15) is 20.2 Å². The van der Waals surface area contributed by atoms with Crippen LogP contribution in [0.25, 0.3) is 21.9 Å². The molecule has 0 spiro atoms. The second-order valence-corrected chi connectivity index (χ2v) is 6.01. The number of nitrogens with zero attached hydrogens (tertiary/aromatic N) is 2. The van der Waals surface area contributed by atoms with Gasteiger partial charge in [0.25, 0.3) is 5.56 Å². The van der Waals surface area contributed by atoms with Crippen LogP contribution in [-0.4, -0.2) is 9.91 Å². The minimum Gasteiger partial charge on any atom is -0.401 e. The minimum absolute atomic E-state index is 0.105. The summed E-state index contributed by atoms with van der Waals surface area (Å²) >= 11 is 1.49. The van der Waals surface area contributed by atoms with E-state index < -0.39 is 16.4 Å². The van der Waals surface area contributed by atoms with Gasteiger partial charge in [0.05, 0.1) is 16.6 Å². The fraction of sp³-hybridized carbons (Fsp3) is 0.0667. The Morgan fingerprint density at radius 3 is 2.70 bits per heavy atom. The van der Waals surface area contributed by atoms with Crippen molar-refractivity contribution in [2.24, 2.45) is 0 Å². The highest BCUT2D eigenvalue weighted by Gasteiger charge is 2.19. The number of nitro groups is 1. The fourth-order valence-corrected chi connectivity index (χ4v) is 2.99. The fourth-order valence-electron chi connectivity index (χ4n) is 2.15. The van der Waals surface area contributed by atoms with Gasteiger partial charge in [0.2, 0.25) is 0 Å². The lowest BCUT2D eigenvalue weighted by molar-refractivity contribution is -0.401. The number of aryl methyl sites for hydroxylation is 1. The number of hydrogen-bond donors (Lipinski definition) is 1. The van der Waals surface area contributed by atoms with E-state index in [1.165, 1.54) is 23.5 Å². The molecule has 0 amide bonds. The number of thiophene rings is 1. The lowest BCUT2D eigenvalue weighted by Crippen LogP contribution is -2.12. The summed E-state index contributed by atoms with van der Waals surface area (Å²) in [7, 11) is 0. The van der Waals surface area contributed by atoms with Gasteiger partial charge in [0, 0.05) is 10.4 Å². The zero-order valence-corrected chi connectivity index (χ0v) is 12.6. The van der Waals surface area contributed by atoms with E-state index in [-0.39, 0.29) is 16.9 Å². The molecule has 3 aromatic heterocycles. The van der Waals surface area contributed by atoms with Gasteiger partial charge in [0.15, 0.2) is 0 Å². The summed E-state index contributed by atoms with van der Waals surface area (Å²) in [5, 5.41) is 19.9. The average molecular weight is 327 g/mol. The topological polar surface area (TPSA) is 113 Å². The van der Waals surface area contributed by atoms with Crippen molar-refractivity contribution < 1.29 is 9.34 Å². The smallest absolute Gasteiger partial charge is 0.401 e. The van der Waals surface area contributed by atoms with E-state index in [0.717, 1.165) is 9.75 Å². The molecule has 0 saturated carbocycles. The molecule has 3 aromatic rings. The van der Waals surface area contributed by atoms with E-state index in [2.05, 4.69) is 4.98 Å². The van der Waals surface area contributed by atoms with E-state index in [0.29, 0.717) is 5.69 Å². The first kappa shape index (κ1) is 14.7. The Morgan fingerprint density at radius 1 is 1.35 bits per heavy atom. The highest BCUT2D eigenvalue weighted by atomic mass is 32.1. The third kappa shape index (κ3) is 2.65. The monoisotopic (exact) mass is 327 g/mol. The first-order chi connectivity index (χ1) is 11.0. The van der Waals surface area contributed by atoms with Crippen molar-refractivity contribution in [3.05, 3.63) is 61.2 Å². The molecule has 3 rings (SSSR count). The number of aromatic nitrogens is 1. The Bertz CT molecular complexity index is 1010. The number of aromatic amines is 1. The van der Waals surface area contributed by atoms with Crippen LogP contribution in [0.2, 0.25) is 0 Å². The Kier molecular flexibility index (Phi) is 3.56. The second kappa shape index (κ2) is 5.55. The molecular formula is C15H9N3O4S. The van der Waals surface area contributed by atoms with Gasteiger partial charge in [-0.2, -0.15) is 5.26 Å². The molecule has 3 heterocycles. The Hall–Kier alpha value is -3.18. The largest absolute Gasteiger partial charge is 0.433 e. The highest BCUT2D eigenvalue weighted by Crippen LogP contribution is 2.32. The predicted molar refractivity (Wildman–Crippen MR) is 84.2 cm³/mol. The molecule has 0 aliphatic rings. The van der Waals surface area contributed by atoms with Crippen LogP contribution in [-0.2, 0) is 0 Å². The molecular weight excluding hydrogens is 318 g/mol. The van der Waals surface area contributed by atoms with Gasteiger partial charge in [0.1, 0.15) is 22.3 Å². The Balaban J connectivity index is 2.21. The summed E-state index contributed by atoms with van der Waals surface area (Å²) in [5.41, 5.74) is 0.0444. The van der Waals surface area contributed by atoms with E-state index in [4.69, 9.17) is 4.42 Å². The molecule has 0 aliphatic carbocycles. The van der Waals surface area contributed by atoms with E-state index >= 15 is 0 Å². The lowest BCUT2D eigenvalue weighted by Gasteiger charge is -2.03. The maximum Gasteiger partial charge on any atom is 0.433 e. The summed E-state index contributed by atoms with van der Waals surface area (Å²) in [5.74, 6) is -0.341. The van der Waals surface area contributed by atoms with Crippen molar-refractivity contribution in [3.63, 3.8) is 0 Å². The normalized spacial score (nSPS) is 10.4. The predicted octanol–water partition coefficient (Wildman–Crippen LogP) is 3.45. The van der Waals surface area contributed by atoms with Gasteiger partial charge >= 0.3 is 5.88 Å². The molecule has 0 bridgehead atoms. The van der Waals surface area contributed by atoms with Crippen molar-refractivity contribution in [2.75, 3.05) is 0 Å². The molecule has 114 valence electrons. The maximum atomic E-state index is 12.1. The third-order valence-electron chi connectivity index (χ3n) is 3.19. The third-order valence-corrected chi connectivity index (χ3v) is 4.22. The summed E-state index contributed by atoms with van der Waals surface area (Å²) in [6, 6.07) is 9.73. The van der Waals surface area contributed by atoms with Gasteiger partial charge in [-0.15, -0.1) is 11.3 Å². The van der Waals surface area contributed by atoms with Crippen molar-refractivity contribution in [2.45, 2.75) is 6.92 Å². The number of pyridine rings is 1. The SMILES string of the molecule is Cc1ccc(-c2cc(-c3ccc([N+](=O)[O-])o3)c(C#N)c(=O)[nH]2)s1. The molecule has 0 aliphatic heterocycles. The molecule has 0 atom stereocenters. The molecule has 0 radical (unpaired) electrons. The minimum atomic E-state index is -0.674. The van der Waals surface area contributed by atoms with Crippen molar-refractivity contribution in [3.8, 4) is 28.0 Å². The van der Waals surface area contributed by atoms with Crippen LogP contribution in [0.15, 0.2) is 39.5 Å². The van der Waals surface area contributed by atoms with Crippen molar-refractivity contribution >= 4 is 17.2 Å². The molecule has 1 N–H and O–H groups in total. The number of furan rings is 1. The van der Waals surface area contributed by atoms with Crippen LogP contribution in [0.5, 0.6) is 0 Å². The molecule has 0 fully saturated rings. The number of rotatable bonds is 3. The average Bonchev–Trinajstić information content (AvgIpc) is 3.15. The first-order valence-corrected chi connectivity index (χ1v) is 7.30. The standard InChI is InChI=1S/C15H9N3O4S/c1-8-2-4-13(23-8)11-6-9(10(7-16)15(19)17-11)12-3-5-14(22-12)18(20)21/h2-6H,1H3,(H,17,19). The summed E-state index contributed by atoms with van der Waals surface area (Å²) < 4.78 is 5.13. The van der Waals surface area contributed by atoms with Crippen LogP contribution < -0.4 is 5.56 Å². The molecule has 23 heavy (non-hydrogen) atoms.